The van der Waals surface area contributed by atoms with Crippen molar-refractivity contribution in [2.75, 3.05) is 0 Å². The van der Waals surface area contributed by atoms with E-state index in [-0.39, 0.29) is 5.97 Å². The molecule has 1 fully saturated rings. The van der Waals surface area contributed by atoms with Gasteiger partial charge in [0.25, 0.3) is 0 Å². The van der Waals surface area contributed by atoms with Crippen molar-refractivity contribution in [3.8, 4) is 0 Å². The molecular weight excluding hydrogens is 164 g/mol. The Labute approximate surface area is 75.8 Å². The van der Waals surface area contributed by atoms with Gasteiger partial charge in [0.05, 0.1) is 5.56 Å². The van der Waals surface area contributed by atoms with Crippen molar-refractivity contribution in [1.82, 2.24) is 0 Å². The highest BCUT2D eigenvalue weighted by Gasteiger charge is 2.31. The van der Waals surface area contributed by atoms with Crippen LogP contribution in [0.2, 0.25) is 0 Å². The topological polar surface area (TPSA) is 26.3 Å². The molecule has 0 radical (unpaired) electrons. The molecule has 3 rings (SSSR count). The van der Waals surface area contributed by atoms with Gasteiger partial charge in [-0.2, -0.15) is 0 Å². The summed E-state index contributed by atoms with van der Waals surface area (Å²) in [5.74, 6) is 0.616. The summed E-state index contributed by atoms with van der Waals surface area (Å²) in [6.07, 6.45) is 2.16. The maximum Gasteiger partial charge on any atom is 0.344 e. The second kappa shape index (κ2) is 2.22. The summed E-state index contributed by atoms with van der Waals surface area (Å²) in [5, 5.41) is 0. The first-order valence-corrected chi connectivity index (χ1v) is 4.40. The molecule has 1 aliphatic heterocycles. The van der Waals surface area contributed by atoms with Gasteiger partial charge in [-0.3, -0.25) is 0 Å². The lowest BCUT2D eigenvalue weighted by molar-refractivity contribution is 0.0715. The Morgan fingerprint density at radius 1 is 1.08 bits per heavy atom. The van der Waals surface area contributed by atoms with Gasteiger partial charge < -0.3 is 4.74 Å². The van der Waals surface area contributed by atoms with Crippen LogP contribution in [0.4, 0.5) is 0 Å². The zero-order valence-electron chi connectivity index (χ0n) is 7.04. The van der Waals surface area contributed by atoms with Gasteiger partial charge in [0.2, 0.25) is 0 Å². The first-order chi connectivity index (χ1) is 6.36. The van der Waals surface area contributed by atoms with Crippen LogP contribution in [-0.2, 0) is 4.74 Å². The lowest BCUT2D eigenvalue weighted by atomic mass is 10.1. The van der Waals surface area contributed by atoms with E-state index in [1.165, 1.54) is 5.57 Å². The van der Waals surface area contributed by atoms with Crippen LogP contribution in [0.1, 0.15) is 28.8 Å². The number of allylic oxidation sites excluding steroid dienone is 1. The Hall–Kier alpha value is -1.57. The van der Waals surface area contributed by atoms with Crippen molar-refractivity contribution < 1.29 is 9.53 Å². The fourth-order valence-electron chi connectivity index (χ4n) is 1.61. The second-order valence-electron chi connectivity index (χ2n) is 3.37. The monoisotopic (exact) mass is 172 g/mol. The SMILES string of the molecule is O=C1OC(=C2CC2)c2ccccc21. The summed E-state index contributed by atoms with van der Waals surface area (Å²) in [4.78, 5) is 11.4. The van der Waals surface area contributed by atoms with Gasteiger partial charge in [0.1, 0.15) is 5.76 Å². The predicted octanol–water partition coefficient (Wildman–Crippen LogP) is 2.36. The molecule has 0 atom stereocenters. The maximum absolute atomic E-state index is 11.4. The number of esters is 1. The smallest absolute Gasteiger partial charge is 0.344 e. The largest absolute Gasteiger partial charge is 0.422 e. The standard InChI is InChI=1S/C11H8O2/c12-11-9-4-2-1-3-8(9)10(13-11)7-5-6-7/h1-4H,5-6H2. The molecule has 1 heterocycles. The minimum absolute atomic E-state index is 0.204. The minimum atomic E-state index is -0.204. The van der Waals surface area contributed by atoms with Gasteiger partial charge in [-0.1, -0.05) is 18.2 Å². The maximum atomic E-state index is 11.4. The summed E-state index contributed by atoms with van der Waals surface area (Å²) >= 11 is 0. The predicted molar refractivity (Wildman–Crippen MR) is 48.0 cm³/mol. The number of hydrogen-bond acceptors (Lipinski definition) is 2. The number of carbonyl (C=O) groups is 1. The molecule has 1 aliphatic carbocycles. The first-order valence-electron chi connectivity index (χ1n) is 4.40. The molecule has 0 bridgehead atoms. The molecule has 0 saturated heterocycles. The van der Waals surface area contributed by atoms with Gasteiger partial charge in [0, 0.05) is 5.56 Å². The second-order valence-corrected chi connectivity index (χ2v) is 3.37. The molecule has 13 heavy (non-hydrogen) atoms. The molecular formula is C11H8O2. The molecule has 0 spiro atoms. The number of fused-ring (bicyclic) bond motifs is 1. The molecule has 2 nitrogen and oxygen atoms in total. The Morgan fingerprint density at radius 3 is 2.46 bits per heavy atom. The van der Waals surface area contributed by atoms with E-state index < -0.39 is 0 Å². The number of benzene rings is 1. The average molecular weight is 172 g/mol. The summed E-state index contributed by atoms with van der Waals surface area (Å²) in [6.45, 7) is 0. The number of ether oxygens (including phenoxy) is 1. The van der Waals surface area contributed by atoms with Crippen LogP contribution < -0.4 is 0 Å². The number of hydrogen-bond donors (Lipinski definition) is 0. The van der Waals surface area contributed by atoms with Gasteiger partial charge in [-0.25, -0.2) is 4.79 Å². The van der Waals surface area contributed by atoms with E-state index in [1.54, 1.807) is 0 Å². The van der Waals surface area contributed by atoms with E-state index in [1.807, 2.05) is 24.3 Å². The van der Waals surface area contributed by atoms with Gasteiger partial charge in [0.15, 0.2) is 0 Å². The number of cyclic esters (lactones) is 1. The van der Waals surface area contributed by atoms with E-state index >= 15 is 0 Å². The van der Waals surface area contributed by atoms with Crippen LogP contribution in [0.25, 0.3) is 5.76 Å². The Bertz CT molecular complexity index is 423. The zero-order chi connectivity index (χ0) is 8.84. The Morgan fingerprint density at radius 2 is 1.77 bits per heavy atom. The number of rotatable bonds is 0. The summed E-state index contributed by atoms with van der Waals surface area (Å²) in [6, 6.07) is 7.55. The lowest BCUT2D eigenvalue weighted by Gasteiger charge is -1.94. The molecule has 1 aromatic carbocycles. The molecule has 2 aliphatic rings. The fourth-order valence-corrected chi connectivity index (χ4v) is 1.61. The van der Waals surface area contributed by atoms with E-state index in [0.717, 1.165) is 24.2 Å². The van der Waals surface area contributed by atoms with Crippen molar-refractivity contribution in [3.63, 3.8) is 0 Å². The highest BCUT2D eigenvalue weighted by Crippen LogP contribution is 2.41. The van der Waals surface area contributed by atoms with Crippen LogP contribution in [0, 0.1) is 0 Å². The third-order valence-electron chi connectivity index (χ3n) is 2.41. The van der Waals surface area contributed by atoms with Crippen molar-refractivity contribution >= 4 is 11.7 Å². The normalized spacial score (nSPS) is 18.6. The average Bonchev–Trinajstić information content (AvgIpc) is 2.94. The summed E-state index contributed by atoms with van der Waals surface area (Å²) in [7, 11) is 0. The highest BCUT2D eigenvalue weighted by molar-refractivity contribution is 6.03. The van der Waals surface area contributed by atoms with Gasteiger partial charge >= 0.3 is 5.97 Å². The van der Waals surface area contributed by atoms with Crippen LogP contribution in [0.5, 0.6) is 0 Å². The minimum Gasteiger partial charge on any atom is -0.422 e. The van der Waals surface area contributed by atoms with Crippen molar-refractivity contribution in [3.05, 3.63) is 41.0 Å². The van der Waals surface area contributed by atoms with E-state index in [4.69, 9.17) is 4.74 Å². The van der Waals surface area contributed by atoms with Crippen LogP contribution in [0.3, 0.4) is 0 Å². The molecule has 0 aromatic heterocycles. The molecule has 1 aromatic rings. The third-order valence-corrected chi connectivity index (χ3v) is 2.41. The van der Waals surface area contributed by atoms with Crippen LogP contribution >= 0.6 is 0 Å². The molecule has 0 amide bonds. The first kappa shape index (κ1) is 6.89. The molecule has 2 heteroatoms. The summed E-state index contributed by atoms with van der Waals surface area (Å²) in [5.41, 5.74) is 2.95. The van der Waals surface area contributed by atoms with Crippen LogP contribution in [0.15, 0.2) is 29.8 Å². The highest BCUT2D eigenvalue weighted by atomic mass is 16.5. The Kier molecular flexibility index (Phi) is 1.18. The quantitative estimate of drug-likeness (QED) is 0.561. The molecule has 0 N–H and O–H groups in total. The third kappa shape index (κ3) is 0.917. The summed E-state index contributed by atoms with van der Waals surface area (Å²) < 4.78 is 5.20. The molecule has 1 saturated carbocycles. The van der Waals surface area contributed by atoms with Gasteiger partial charge in [-0.05, 0) is 24.5 Å². The Balaban J connectivity index is 2.26. The van der Waals surface area contributed by atoms with E-state index in [0.29, 0.717) is 5.56 Å². The van der Waals surface area contributed by atoms with Crippen molar-refractivity contribution in [1.29, 1.82) is 0 Å². The van der Waals surface area contributed by atoms with Crippen molar-refractivity contribution in [2.45, 2.75) is 12.8 Å². The molecule has 64 valence electrons. The number of carbonyl (C=O) groups excluding carboxylic acids is 1. The fraction of sp³-hybridized carbons (Fsp3) is 0.182. The van der Waals surface area contributed by atoms with E-state index in [9.17, 15) is 4.79 Å². The zero-order valence-corrected chi connectivity index (χ0v) is 7.04. The van der Waals surface area contributed by atoms with Crippen LogP contribution in [-0.4, -0.2) is 5.97 Å². The lowest BCUT2D eigenvalue weighted by Crippen LogP contribution is -1.92. The van der Waals surface area contributed by atoms with E-state index in [2.05, 4.69) is 0 Å². The van der Waals surface area contributed by atoms with Gasteiger partial charge in [-0.15, -0.1) is 0 Å². The molecule has 0 unspecified atom stereocenters. The van der Waals surface area contributed by atoms with Crippen molar-refractivity contribution in [2.24, 2.45) is 0 Å².